The molecule has 5 heteroatoms. The van der Waals surface area contributed by atoms with Gasteiger partial charge in [0.15, 0.2) is 5.78 Å². The molecular formula is C10H13ClN2OS. The summed E-state index contributed by atoms with van der Waals surface area (Å²) in [4.78, 5) is 16.9. The number of carbonyl (C=O) groups excluding carboxylic acids is 1. The molecule has 1 aliphatic carbocycles. The van der Waals surface area contributed by atoms with Gasteiger partial charge in [-0.15, -0.1) is 11.3 Å². The van der Waals surface area contributed by atoms with E-state index in [0.717, 1.165) is 24.1 Å². The van der Waals surface area contributed by atoms with Crippen LogP contribution in [0.15, 0.2) is 5.51 Å². The molecule has 0 unspecified atom stereocenters. The van der Waals surface area contributed by atoms with Crippen LogP contribution in [0.5, 0.6) is 0 Å². The summed E-state index contributed by atoms with van der Waals surface area (Å²) in [5.74, 6) is 0.238. The zero-order chi connectivity index (χ0) is 10.9. The van der Waals surface area contributed by atoms with E-state index >= 15 is 0 Å². The van der Waals surface area contributed by atoms with Crippen molar-refractivity contribution in [1.29, 1.82) is 0 Å². The highest BCUT2D eigenvalue weighted by Gasteiger charge is 2.42. The Morgan fingerprint density at radius 1 is 1.60 bits per heavy atom. The first kappa shape index (κ1) is 11.0. The summed E-state index contributed by atoms with van der Waals surface area (Å²) in [6.07, 6.45) is 3.50. The number of likely N-dealkylation sites (N-methyl/N-ethyl adjacent to an activating group) is 1. The highest BCUT2D eigenvalue weighted by atomic mass is 35.5. The van der Waals surface area contributed by atoms with Gasteiger partial charge in [-0.2, -0.15) is 0 Å². The van der Waals surface area contributed by atoms with Crippen LogP contribution in [0.2, 0.25) is 5.15 Å². The number of hydrogen-bond acceptors (Lipinski definition) is 4. The fourth-order valence-corrected chi connectivity index (χ4v) is 3.49. The first-order valence-corrected chi connectivity index (χ1v) is 6.28. The average molecular weight is 245 g/mol. The summed E-state index contributed by atoms with van der Waals surface area (Å²) in [5, 5.41) is 3.61. The Labute approximate surface area is 97.9 Å². The lowest BCUT2D eigenvalue weighted by Crippen LogP contribution is -2.48. The zero-order valence-corrected chi connectivity index (χ0v) is 10.1. The van der Waals surface area contributed by atoms with E-state index in [-0.39, 0.29) is 5.78 Å². The largest absolute Gasteiger partial charge is 0.304 e. The molecule has 1 heterocycles. The van der Waals surface area contributed by atoms with Crippen LogP contribution < -0.4 is 5.32 Å². The van der Waals surface area contributed by atoms with E-state index in [1.165, 1.54) is 11.3 Å². The number of aromatic nitrogens is 1. The van der Waals surface area contributed by atoms with Gasteiger partial charge in [-0.1, -0.05) is 18.0 Å². The summed E-state index contributed by atoms with van der Waals surface area (Å²) in [6, 6.07) is 0. The van der Waals surface area contributed by atoms with Gasteiger partial charge in [0.25, 0.3) is 0 Å². The van der Waals surface area contributed by atoms with E-state index < -0.39 is 5.54 Å². The third-order valence-electron chi connectivity index (χ3n) is 3.02. The molecule has 0 spiro atoms. The molecule has 3 nitrogen and oxygen atoms in total. The first-order valence-electron chi connectivity index (χ1n) is 5.02. The van der Waals surface area contributed by atoms with Crippen molar-refractivity contribution in [2.45, 2.75) is 31.2 Å². The molecule has 0 saturated heterocycles. The topological polar surface area (TPSA) is 42.0 Å². The maximum absolute atomic E-state index is 12.1. The Morgan fingerprint density at radius 3 is 2.93 bits per heavy atom. The van der Waals surface area contributed by atoms with Crippen LogP contribution in [0.1, 0.15) is 30.6 Å². The van der Waals surface area contributed by atoms with Gasteiger partial charge in [-0.25, -0.2) is 4.98 Å². The molecule has 0 amide bonds. The highest BCUT2D eigenvalue weighted by molar-refractivity contribution is 7.10. The van der Waals surface area contributed by atoms with Crippen LogP contribution in [-0.4, -0.2) is 17.8 Å². The lowest BCUT2D eigenvalue weighted by atomic mass is 9.80. The van der Waals surface area contributed by atoms with Crippen molar-refractivity contribution >= 4 is 28.7 Å². The number of nitrogens with one attached hydrogen (secondary N) is 1. The lowest BCUT2D eigenvalue weighted by molar-refractivity contribution is -0.127. The van der Waals surface area contributed by atoms with Gasteiger partial charge in [-0.3, -0.25) is 4.79 Å². The standard InChI is InChI=1S/C10H13ClN2OS/c1-12-10(5-3-2-4-7(10)14)8-9(11)13-6-15-8/h6,12H,2-5H2,1H3/t10-/m0/s1. The van der Waals surface area contributed by atoms with Gasteiger partial charge in [-0.05, 0) is 19.9 Å². The number of carbonyl (C=O) groups is 1. The maximum Gasteiger partial charge on any atom is 0.158 e. The average Bonchev–Trinajstić information content (AvgIpc) is 2.66. The van der Waals surface area contributed by atoms with Gasteiger partial charge < -0.3 is 5.32 Å². The minimum absolute atomic E-state index is 0.238. The van der Waals surface area contributed by atoms with E-state index in [4.69, 9.17) is 11.6 Å². The van der Waals surface area contributed by atoms with Gasteiger partial charge in [0.05, 0.1) is 10.4 Å². The Hall–Kier alpha value is -0.450. The van der Waals surface area contributed by atoms with Crippen LogP contribution in [0.4, 0.5) is 0 Å². The molecule has 0 radical (unpaired) electrons. The van der Waals surface area contributed by atoms with Crippen LogP contribution in [0.25, 0.3) is 0 Å². The molecule has 0 aromatic carbocycles. The molecule has 2 rings (SSSR count). The molecule has 1 atom stereocenters. The van der Waals surface area contributed by atoms with Gasteiger partial charge in [0.1, 0.15) is 10.7 Å². The number of rotatable bonds is 2. The second-order valence-corrected chi connectivity index (χ2v) is 4.97. The van der Waals surface area contributed by atoms with Crippen molar-refractivity contribution in [3.05, 3.63) is 15.5 Å². The van der Waals surface area contributed by atoms with Crippen molar-refractivity contribution < 1.29 is 4.79 Å². The Morgan fingerprint density at radius 2 is 2.40 bits per heavy atom. The Balaban J connectivity index is 2.44. The van der Waals surface area contributed by atoms with Crippen molar-refractivity contribution in [3.63, 3.8) is 0 Å². The predicted octanol–water partition coefficient (Wildman–Crippen LogP) is 2.35. The summed E-state index contributed by atoms with van der Waals surface area (Å²) >= 11 is 7.47. The molecule has 15 heavy (non-hydrogen) atoms. The van der Waals surface area contributed by atoms with Crippen LogP contribution in [-0.2, 0) is 10.3 Å². The number of ketones is 1. The fraction of sp³-hybridized carbons (Fsp3) is 0.600. The van der Waals surface area contributed by atoms with E-state index in [0.29, 0.717) is 11.6 Å². The smallest absolute Gasteiger partial charge is 0.158 e. The normalized spacial score (nSPS) is 26.9. The van der Waals surface area contributed by atoms with Crippen molar-refractivity contribution in [1.82, 2.24) is 10.3 Å². The molecule has 1 saturated carbocycles. The third kappa shape index (κ3) is 1.71. The summed E-state index contributed by atoms with van der Waals surface area (Å²) in [7, 11) is 1.82. The maximum atomic E-state index is 12.1. The number of Topliss-reactive ketones (excluding diaryl/α,β-unsaturated/α-hetero) is 1. The molecular weight excluding hydrogens is 232 g/mol. The van der Waals surface area contributed by atoms with E-state index in [1.54, 1.807) is 5.51 Å². The number of halogens is 1. The SMILES string of the molecule is CN[C@@]1(c2scnc2Cl)CCCCC1=O. The third-order valence-corrected chi connectivity index (χ3v) is 4.41. The van der Waals surface area contributed by atoms with E-state index in [9.17, 15) is 4.79 Å². The van der Waals surface area contributed by atoms with E-state index in [2.05, 4.69) is 10.3 Å². The number of nitrogens with zero attached hydrogens (tertiary/aromatic N) is 1. The van der Waals surface area contributed by atoms with Gasteiger partial charge in [0, 0.05) is 6.42 Å². The zero-order valence-electron chi connectivity index (χ0n) is 8.55. The highest BCUT2D eigenvalue weighted by Crippen LogP contribution is 2.39. The second-order valence-electron chi connectivity index (χ2n) is 3.76. The van der Waals surface area contributed by atoms with Crippen LogP contribution in [0.3, 0.4) is 0 Å². The summed E-state index contributed by atoms with van der Waals surface area (Å²) in [6.45, 7) is 0. The van der Waals surface area contributed by atoms with Gasteiger partial charge >= 0.3 is 0 Å². The van der Waals surface area contributed by atoms with Crippen molar-refractivity contribution in [2.75, 3.05) is 7.05 Å². The number of hydrogen-bond donors (Lipinski definition) is 1. The predicted molar refractivity (Wildman–Crippen MR) is 61.3 cm³/mol. The molecule has 0 aliphatic heterocycles. The molecule has 1 aromatic rings. The quantitative estimate of drug-likeness (QED) is 0.869. The number of thiazole rings is 1. The van der Waals surface area contributed by atoms with Gasteiger partial charge in [0.2, 0.25) is 0 Å². The molecule has 1 aliphatic rings. The molecule has 1 aromatic heterocycles. The van der Waals surface area contributed by atoms with E-state index in [1.807, 2.05) is 7.05 Å². The van der Waals surface area contributed by atoms with Crippen molar-refractivity contribution in [2.24, 2.45) is 0 Å². The molecule has 1 fully saturated rings. The minimum atomic E-state index is -0.573. The summed E-state index contributed by atoms with van der Waals surface area (Å²) < 4.78 is 0. The minimum Gasteiger partial charge on any atom is -0.304 e. The molecule has 0 bridgehead atoms. The van der Waals surface area contributed by atoms with Crippen LogP contribution >= 0.6 is 22.9 Å². The van der Waals surface area contributed by atoms with Crippen LogP contribution in [0, 0.1) is 0 Å². The molecule has 82 valence electrons. The first-order chi connectivity index (χ1) is 7.20. The Bertz CT molecular complexity index is 379. The summed E-state index contributed by atoms with van der Waals surface area (Å²) in [5.41, 5.74) is 1.12. The Kier molecular flexibility index (Phi) is 3.09. The fourth-order valence-electron chi connectivity index (χ4n) is 2.16. The second kappa shape index (κ2) is 4.20. The lowest BCUT2D eigenvalue weighted by Gasteiger charge is -2.34. The monoisotopic (exact) mass is 244 g/mol. The van der Waals surface area contributed by atoms with Crippen molar-refractivity contribution in [3.8, 4) is 0 Å². The molecule has 1 N–H and O–H groups in total.